The first-order chi connectivity index (χ1) is 13.9. The average Bonchev–Trinajstić information content (AvgIpc) is 2.95. The van der Waals surface area contributed by atoms with E-state index in [1.807, 2.05) is 44.2 Å². The third-order valence-electron chi connectivity index (χ3n) is 4.72. The van der Waals surface area contributed by atoms with Gasteiger partial charge in [0, 0.05) is 6.54 Å². The SMILES string of the molecule is COc1cc(C[C@@H]2SC(=O)N(CC(C)C)C2=O)ccc1OCc1ccc(C)cc1. The Labute approximate surface area is 176 Å². The number of nitrogens with zero attached hydrogens (tertiary/aromatic N) is 1. The van der Waals surface area contributed by atoms with Gasteiger partial charge in [-0.3, -0.25) is 14.5 Å². The van der Waals surface area contributed by atoms with E-state index in [1.165, 1.54) is 10.5 Å². The van der Waals surface area contributed by atoms with Crippen molar-refractivity contribution in [1.29, 1.82) is 0 Å². The molecule has 6 heteroatoms. The molecule has 0 saturated carbocycles. The highest BCUT2D eigenvalue weighted by atomic mass is 32.2. The van der Waals surface area contributed by atoms with Crippen LogP contribution >= 0.6 is 11.8 Å². The average molecular weight is 414 g/mol. The fourth-order valence-electron chi connectivity index (χ4n) is 3.18. The molecule has 2 amide bonds. The lowest BCUT2D eigenvalue weighted by atomic mass is 10.1. The minimum atomic E-state index is -0.384. The maximum Gasteiger partial charge on any atom is 0.289 e. The number of hydrogen-bond donors (Lipinski definition) is 0. The molecule has 0 spiro atoms. The molecule has 1 aliphatic rings. The highest BCUT2D eigenvalue weighted by molar-refractivity contribution is 8.15. The number of hydrogen-bond acceptors (Lipinski definition) is 5. The van der Waals surface area contributed by atoms with Gasteiger partial charge in [-0.15, -0.1) is 0 Å². The second-order valence-corrected chi connectivity index (χ2v) is 8.83. The molecule has 154 valence electrons. The van der Waals surface area contributed by atoms with Crippen molar-refractivity contribution in [2.45, 2.75) is 39.0 Å². The lowest BCUT2D eigenvalue weighted by molar-refractivity contribution is -0.127. The summed E-state index contributed by atoms with van der Waals surface area (Å²) in [5, 5.41) is -0.538. The van der Waals surface area contributed by atoms with Gasteiger partial charge in [-0.05, 0) is 42.5 Å². The van der Waals surface area contributed by atoms with Crippen LogP contribution in [0.1, 0.15) is 30.5 Å². The van der Waals surface area contributed by atoms with E-state index in [-0.39, 0.29) is 22.3 Å². The molecule has 1 fully saturated rings. The summed E-state index contributed by atoms with van der Waals surface area (Å²) in [5.41, 5.74) is 3.23. The van der Waals surface area contributed by atoms with E-state index in [0.29, 0.717) is 31.1 Å². The van der Waals surface area contributed by atoms with Gasteiger partial charge in [0.15, 0.2) is 11.5 Å². The molecule has 0 radical (unpaired) electrons. The van der Waals surface area contributed by atoms with Crippen LogP contribution in [-0.4, -0.2) is 35.0 Å². The summed E-state index contributed by atoms with van der Waals surface area (Å²) in [7, 11) is 1.60. The molecule has 1 aliphatic heterocycles. The lowest BCUT2D eigenvalue weighted by Gasteiger charge is -2.16. The molecule has 5 nitrogen and oxygen atoms in total. The Morgan fingerprint density at radius 3 is 2.38 bits per heavy atom. The van der Waals surface area contributed by atoms with Crippen molar-refractivity contribution in [3.8, 4) is 11.5 Å². The molecular formula is C23H27NO4S. The van der Waals surface area contributed by atoms with E-state index >= 15 is 0 Å². The normalized spacial score (nSPS) is 16.6. The molecule has 0 bridgehead atoms. The molecule has 1 atom stereocenters. The van der Waals surface area contributed by atoms with E-state index in [9.17, 15) is 9.59 Å². The zero-order valence-electron chi connectivity index (χ0n) is 17.3. The topological polar surface area (TPSA) is 55.8 Å². The summed E-state index contributed by atoms with van der Waals surface area (Å²) in [6.45, 7) is 6.97. The van der Waals surface area contributed by atoms with Gasteiger partial charge >= 0.3 is 0 Å². The molecule has 0 unspecified atom stereocenters. The van der Waals surface area contributed by atoms with Gasteiger partial charge < -0.3 is 9.47 Å². The fourth-order valence-corrected chi connectivity index (χ4v) is 4.21. The van der Waals surface area contributed by atoms with E-state index < -0.39 is 0 Å². The molecule has 29 heavy (non-hydrogen) atoms. The van der Waals surface area contributed by atoms with Crippen LogP contribution in [0.25, 0.3) is 0 Å². The largest absolute Gasteiger partial charge is 0.493 e. The molecule has 0 aromatic heterocycles. The highest BCUT2D eigenvalue weighted by Crippen LogP contribution is 2.33. The van der Waals surface area contributed by atoms with Crippen LogP contribution in [-0.2, 0) is 17.8 Å². The highest BCUT2D eigenvalue weighted by Gasteiger charge is 2.39. The second-order valence-electron chi connectivity index (χ2n) is 7.68. The molecule has 2 aromatic carbocycles. The van der Waals surface area contributed by atoms with Crippen LogP contribution < -0.4 is 9.47 Å². The zero-order chi connectivity index (χ0) is 21.0. The van der Waals surface area contributed by atoms with Gasteiger partial charge in [-0.25, -0.2) is 0 Å². The van der Waals surface area contributed by atoms with Gasteiger partial charge in [0.05, 0.1) is 12.4 Å². The standard InChI is InChI=1S/C23H27NO4S/c1-15(2)13-24-22(25)21(29-23(24)26)12-18-9-10-19(20(11-18)27-4)28-14-17-7-5-16(3)6-8-17/h5-11,15,21H,12-14H2,1-4H3/t21-/m0/s1. The zero-order valence-corrected chi connectivity index (χ0v) is 18.1. The summed E-state index contributed by atoms with van der Waals surface area (Å²) >= 11 is 1.11. The van der Waals surface area contributed by atoms with Crippen LogP contribution in [0.5, 0.6) is 11.5 Å². The van der Waals surface area contributed by atoms with Crippen LogP contribution in [0.3, 0.4) is 0 Å². The molecule has 1 heterocycles. The fraction of sp³-hybridized carbons (Fsp3) is 0.391. The Morgan fingerprint density at radius 2 is 1.72 bits per heavy atom. The number of amides is 2. The lowest BCUT2D eigenvalue weighted by Crippen LogP contribution is -2.35. The monoisotopic (exact) mass is 413 g/mol. The predicted molar refractivity (Wildman–Crippen MR) is 116 cm³/mol. The van der Waals surface area contributed by atoms with Crippen molar-refractivity contribution in [3.05, 3.63) is 59.2 Å². The van der Waals surface area contributed by atoms with Gasteiger partial charge in [0.1, 0.15) is 6.61 Å². The van der Waals surface area contributed by atoms with Crippen molar-refractivity contribution in [3.63, 3.8) is 0 Å². The van der Waals surface area contributed by atoms with Crippen LogP contribution in [0, 0.1) is 12.8 Å². The minimum Gasteiger partial charge on any atom is -0.493 e. The number of ether oxygens (including phenoxy) is 2. The molecule has 0 aliphatic carbocycles. The van der Waals surface area contributed by atoms with E-state index in [4.69, 9.17) is 9.47 Å². The van der Waals surface area contributed by atoms with Crippen molar-refractivity contribution < 1.29 is 19.1 Å². The maximum absolute atomic E-state index is 12.6. The molecule has 1 saturated heterocycles. The Hall–Kier alpha value is -2.47. The van der Waals surface area contributed by atoms with Gasteiger partial charge in [0.2, 0.25) is 5.91 Å². The Balaban J connectivity index is 1.66. The van der Waals surface area contributed by atoms with Crippen LogP contribution in [0.2, 0.25) is 0 Å². The van der Waals surface area contributed by atoms with Gasteiger partial charge in [0.25, 0.3) is 5.24 Å². The number of rotatable bonds is 8. The van der Waals surface area contributed by atoms with Gasteiger partial charge in [-0.2, -0.15) is 0 Å². The summed E-state index contributed by atoms with van der Waals surface area (Å²) in [6, 6.07) is 13.9. The molecular weight excluding hydrogens is 386 g/mol. The quantitative estimate of drug-likeness (QED) is 0.619. The summed E-state index contributed by atoms with van der Waals surface area (Å²) < 4.78 is 11.4. The van der Waals surface area contributed by atoms with Gasteiger partial charge in [-0.1, -0.05) is 61.5 Å². The molecule has 2 aromatic rings. The number of methoxy groups -OCH3 is 1. The first-order valence-electron chi connectivity index (χ1n) is 9.74. The number of benzene rings is 2. The van der Waals surface area contributed by atoms with Crippen molar-refractivity contribution >= 4 is 22.9 Å². The summed E-state index contributed by atoms with van der Waals surface area (Å²) in [5.74, 6) is 1.43. The minimum absolute atomic E-state index is 0.104. The summed E-state index contributed by atoms with van der Waals surface area (Å²) in [6.07, 6.45) is 0.485. The number of carbonyl (C=O) groups is 2. The summed E-state index contributed by atoms with van der Waals surface area (Å²) in [4.78, 5) is 26.1. The van der Waals surface area contributed by atoms with Crippen molar-refractivity contribution in [2.75, 3.05) is 13.7 Å². The van der Waals surface area contributed by atoms with E-state index in [2.05, 4.69) is 19.1 Å². The van der Waals surface area contributed by atoms with Crippen LogP contribution in [0.4, 0.5) is 4.79 Å². The first-order valence-corrected chi connectivity index (χ1v) is 10.6. The van der Waals surface area contributed by atoms with Crippen LogP contribution in [0.15, 0.2) is 42.5 Å². The third-order valence-corrected chi connectivity index (χ3v) is 5.79. The number of aryl methyl sites for hydroxylation is 1. The Morgan fingerprint density at radius 1 is 1.03 bits per heavy atom. The predicted octanol–water partition coefficient (Wildman–Crippen LogP) is 4.85. The maximum atomic E-state index is 12.6. The Kier molecular flexibility index (Phi) is 6.85. The second kappa shape index (κ2) is 9.35. The first kappa shape index (κ1) is 21.2. The van der Waals surface area contributed by atoms with E-state index in [0.717, 1.165) is 22.9 Å². The smallest absolute Gasteiger partial charge is 0.289 e. The Bertz CT molecular complexity index is 879. The number of thioether (sulfide) groups is 1. The van der Waals surface area contributed by atoms with E-state index in [1.54, 1.807) is 7.11 Å². The molecule has 0 N–H and O–H groups in total. The van der Waals surface area contributed by atoms with Crippen molar-refractivity contribution in [1.82, 2.24) is 4.90 Å². The third kappa shape index (κ3) is 5.32. The number of carbonyl (C=O) groups excluding carboxylic acids is 2. The molecule has 3 rings (SSSR count). The number of imide groups is 1. The van der Waals surface area contributed by atoms with Crippen molar-refractivity contribution in [2.24, 2.45) is 5.92 Å².